The van der Waals surface area contributed by atoms with Crippen LogP contribution in [0.1, 0.15) is 45.1 Å². The first-order valence-corrected chi connectivity index (χ1v) is 8.57. The maximum absolute atomic E-state index is 5.53. The molecule has 0 radical (unpaired) electrons. The highest BCUT2D eigenvalue weighted by Gasteiger charge is 2.28. The molecule has 1 aliphatic carbocycles. The van der Waals surface area contributed by atoms with E-state index in [4.69, 9.17) is 4.74 Å². The van der Waals surface area contributed by atoms with Crippen molar-refractivity contribution in [1.29, 1.82) is 0 Å². The van der Waals surface area contributed by atoms with Gasteiger partial charge in [-0.2, -0.15) is 0 Å². The van der Waals surface area contributed by atoms with E-state index in [-0.39, 0.29) is 0 Å². The van der Waals surface area contributed by atoms with Gasteiger partial charge in [-0.15, -0.1) is 0 Å². The lowest BCUT2D eigenvalue weighted by Gasteiger charge is -2.35. The summed E-state index contributed by atoms with van der Waals surface area (Å²) in [4.78, 5) is 0. The average molecular weight is 289 g/mol. The van der Waals surface area contributed by atoms with Gasteiger partial charge >= 0.3 is 0 Å². The number of methoxy groups -OCH3 is 1. The van der Waals surface area contributed by atoms with E-state index >= 15 is 0 Å². The third kappa shape index (κ3) is 4.74. The Kier molecular flexibility index (Phi) is 6.56. The van der Waals surface area contributed by atoms with Crippen molar-refractivity contribution in [2.24, 2.45) is 17.8 Å². The van der Waals surface area contributed by atoms with Gasteiger partial charge in [-0.25, -0.2) is 0 Å². The van der Waals surface area contributed by atoms with Crippen molar-refractivity contribution in [2.45, 2.75) is 46.0 Å². The molecule has 2 heteroatoms. The van der Waals surface area contributed by atoms with Crippen molar-refractivity contribution in [2.75, 3.05) is 20.2 Å². The number of ether oxygens (including phenoxy) is 1. The monoisotopic (exact) mass is 289 g/mol. The molecule has 0 bridgehead atoms. The van der Waals surface area contributed by atoms with Gasteiger partial charge in [0.15, 0.2) is 0 Å². The molecule has 1 N–H and O–H groups in total. The van der Waals surface area contributed by atoms with Crippen LogP contribution in [0.15, 0.2) is 24.3 Å². The van der Waals surface area contributed by atoms with Crippen molar-refractivity contribution in [3.8, 4) is 5.75 Å². The zero-order chi connectivity index (χ0) is 15.1. The molecule has 1 aliphatic rings. The highest BCUT2D eigenvalue weighted by atomic mass is 16.5. The van der Waals surface area contributed by atoms with Gasteiger partial charge < -0.3 is 10.1 Å². The molecular weight excluding hydrogens is 258 g/mol. The lowest BCUT2D eigenvalue weighted by Crippen LogP contribution is -2.34. The van der Waals surface area contributed by atoms with Crippen LogP contribution in [0.25, 0.3) is 0 Å². The van der Waals surface area contributed by atoms with Crippen molar-refractivity contribution in [3.05, 3.63) is 29.8 Å². The Bertz CT molecular complexity index is 418. The molecule has 0 amide bonds. The minimum atomic E-state index is 0.786. The van der Waals surface area contributed by atoms with E-state index in [1.807, 2.05) is 0 Å². The summed E-state index contributed by atoms with van der Waals surface area (Å²) < 4.78 is 5.53. The summed E-state index contributed by atoms with van der Waals surface area (Å²) in [6.45, 7) is 6.97. The second kappa shape index (κ2) is 8.43. The number of hydrogen-bond acceptors (Lipinski definition) is 2. The lowest BCUT2D eigenvalue weighted by atomic mass is 9.72. The first kappa shape index (κ1) is 16.4. The van der Waals surface area contributed by atoms with E-state index in [1.54, 1.807) is 7.11 Å². The average Bonchev–Trinajstić information content (AvgIpc) is 2.50. The summed E-state index contributed by atoms with van der Waals surface area (Å²) in [5.41, 5.74) is 1.37. The third-order valence-electron chi connectivity index (χ3n) is 4.91. The van der Waals surface area contributed by atoms with E-state index in [2.05, 4.69) is 43.4 Å². The summed E-state index contributed by atoms with van der Waals surface area (Å²) >= 11 is 0. The lowest BCUT2D eigenvalue weighted by molar-refractivity contribution is 0.183. The molecule has 2 nitrogen and oxygen atoms in total. The van der Waals surface area contributed by atoms with Gasteiger partial charge in [0.2, 0.25) is 0 Å². The fourth-order valence-corrected chi connectivity index (χ4v) is 3.70. The second-order valence-corrected chi connectivity index (χ2v) is 6.66. The van der Waals surface area contributed by atoms with E-state index < -0.39 is 0 Å². The molecule has 1 aromatic carbocycles. The number of benzene rings is 1. The molecule has 1 fully saturated rings. The van der Waals surface area contributed by atoms with Gasteiger partial charge in [0, 0.05) is 0 Å². The molecule has 1 saturated carbocycles. The van der Waals surface area contributed by atoms with E-state index in [0.717, 1.165) is 36.5 Å². The molecule has 118 valence electrons. The van der Waals surface area contributed by atoms with Crippen LogP contribution in [-0.4, -0.2) is 20.2 Å². The maximum atomic E-state index is 5.53. The van der Waals surface area contributed by atoms with Crippen LogP contribution in [0, 0.1) is 17.8 Å². The molecule has 0 aliphatic heterocycles. The van der Waals surface area contributed by atoms with Crippen LogP contribution >= 0.6 is 0 Å². The fraction of sp³-hybridized carbons (Fsp3) is 0.684. The summed E-state index contributed by atoms with van der Waals surface area (Å²) in [5, 5.41) is 3.63. The van der Waals surface area contributed by atoms with Crippen molar-refractivity contribution in [3.63, 3.8) is 0 Å². The van der Waals surface area contributed by atoms with Crippen molar-refractivity contribution < 1.29 is 4.74 Å². The van der Waals surface area contributed by atoms with Crippen LogP contribution < -0.4 is 10.1 Å². The molecule has 3 unspecified atom stereocenters. The Labute approximate surface area is 130 Å². The minimum absolute atomic E-state index is 0.786. The smallest absolute Gasteiger partial charge is 0.122 e. The molecule has 0 aromatic heterocycles. The Morgan fingerprint density at radius 2 is 2.00 bits per heavy atom. The highest BCUT2D eigenvalue weighted by molar-refractivity contribution is 5.33. The Morgan fingerprint density at radius 1 is 1.19 bits per heavy atom. The predicted octanol–water partition coefficient (Wildman–Crippen LogP) is 4.29. The van der Waals surface area contributed by atoms with Crippen LogP contribution in [-0.2, 0) is 6.42 Å². The zero-order valence-corrected chi connectivity index (χ0v) is 13.9. The standard InChI is InChI=1S/C19H31NO/c1-4-11-20-14-17-10-9-15(2)12-18(17)13-16-7-5-6-8-19(16)21-3/h5-8,15,17-18,20H,4,9-14H2,1-3H3. The molecule has 0 heterocycles. The highest BCUT2D eigenvalue weighted by Crippen LogP contribution is 2.37. The maximum Gasteiger partial charge on any atom is 0.122 e. The van der Waals surface area contributed by atoms with Gasteiger partial charge in [-0.1, -0.05) is 38.5 Å². The minimum Gasteiger partial charge on any atom is -0.496 e. The number of nitrogens with one attached hydrogen (secondary N) is 1. The quantitative estimate of drug-likeness (QED) is 0.756. The van der Waals surface area contributed by atoms with Crippen LogP contribution in [0.2, 0.25) is 0 Å². The molecule has 21 heavy (non-hydrogen) atoms. The molecular formula is C19H31NO. The van der Waals surface area contributed by atoms with Gasteiger partial charge in [-0.05, 0) is 68.2 Å². The van der Waals surface area contributed by atoms with Gasteiger partial charge in [-0.3, -0.25) is 0 Å². The van der Waals surface area contributed by atoms with E-state index in [1.165, 1.54) is 37.8 Å². The molecule has 2 rings (SSSR count). The first-order valence-electron chi connectivity index (χ1n) is 8.57. The molecule has 0 saturated heterocycles. The summed E-state index contributed by atoms with van der Waals surface area (Å²) in [7, 11) is 1.78. The molecule has 0 spiro atoms. The number of para-hydroxylation sites is 1. The van der Waals surface area contributed by atoms with E-state index in [0.29, 0.717) is 0 Å². The number of hydrogen-bond donors (Lipinski definition) is 1. The van der Waals surface area contributed by atoms with Crippen LogP contribution in [0.3, 0.4) is 0 Å². The largest absolute Gasteiger partial charge is 0.496 e. The SMILES string of the molecule is CCCNCC1CCC(C)CC1Cc1ccccc1OC. The van der Waals surface area contributed by atoms with Gasteiger partial charge in [0.05, 0.1) is 7.11 Å². The van der Waals surface area contributed by atoms with Crippen molar-refractivity contribution >= 4 is 0 Å². The predicted molar refractivity (Wildman–Crippen MR) is 89.9 cm³/mol. The zero-order valence-electron chi connectivity index (χ0n) is 13.9. The van der Waals surface area contributed by atoms with Crippen molar-refractivity contribution in [1.82, 2.24) is 5.32 Å². The molecule has 3 atom stereocenters. The Morgan fingerprint density at radius 3 is 2.76 bits per heavy atom. The Hall–Kier alpha value is -1.02. The molecule has 1 aromatic rings. The fourth-order valence-electron chi connectivity index (χ4n) is 3.70. The number of rotatable bonds is 7. The summed E-state index contributed by atoms with van der Waals surface area (Å²) in [5.74, 6) is 3.52. The van der Waals surface area contributed by atoms with E-state index in [9.17, 15) is 0 Å². The first-order chi connectivity index (χ1) is 10.2. The third-order valence-corrected chi connectivity index (χ3v) is 4.91. The van der Waals surface area contributed by atoms with Gasteiger partial charge in [0.25, 0.3) is 0 Å². The Balaban J connectivity index is 2.02. The topological polar surface area (TPSA) is 21.3 Å². The van der Waals surface area contributed by atoms with Crippen LogP contribution in [0.5, 0.6) is 5.75 Å². The summed E-state index contributed by atoms with van der Waals surface area (Å²) in [6.07, 6.45) is 6.50. The summed E-state index contributed by atoms with van der Waals surface area (Å²) in [6, 6.07) is 8.52. The van der Waals surface area contributed by atoms with Crippen LogP contribution in [0.4, 0.5) is 0 Å². The normalized spacial score (nSPS) is 25.8. The van der Waals surface area contributed by atoms with Gasteiger partial charge in [0.1, 0.15) is 5.75 Å². The second-order valence-electron chi connectivity index (χ2n) is 6.66.